The zero-order valence-electron chi connectivity index (χ0n) is 10.9. The normalized spacial score (nSPS) is 20.2. The van der Waals surface area contributed by atoms with Crippen molar-refractivity contribution in [1.29, 1.82) is 0 Å². The lowest BCUT2D eigenvalue weighted by atomic mass is 10.1. The van der Waals surface area contributed by atoms with E-state index >= 15 is 0 Å². The summed E-state index contributed by atoms with van der Waals surface area (Å²) in [6, 6.07) is 8.24. The van der Waals surface area contributed by atoms with Gasteiger partial charge in [-0.1, -0.05) is 29.8 Å². The third-order valence-corrected chi connectivity index (χ3v) is 5.14. The Labute approximate surface area is 110 Å². The van der Waals surface area contributed by atoms with Crippen LogP contribution >= 0.6 is 0 Å². The molecule has 1 saturated heterocycles. The van der Waals surface area contributed by atoms with Gasteiger partial charge in [0.15, 0.2) is 9.84 Å². The van der Waals surface area contributed by atoms with Crippen LogP contribution in [-0.2, 0) is 16.3 Å². The summed E-state index contributed by atoms with van der Waals surface area (Å²) in [6.45, 7) is 2.98. The summed E-state index contributed by atoms with van der Waals surface area (Å²) in [5.74, 6) is 0.549. The van der Waals surface area contributed by atoms with Crippen LogP contribution in [0.5, 0.6) is 0 Å². The molecule has 1 aromatic rings. The molecular weight excluding hydrogens is 246 g/mol. The Hall–Kier alpha value is -0.870. The molecule has 1 aliphatic heterocycles. The molecule has 1 unspecified atom stereocenters. The second kappa shape index (κ2) is 5.85. The molecule has 0 aliphatic carbocycles. The first kappa shape index (κ1) is 13.6. The molecule has 18 heavy (non-hydrogen) atoms. The molecule has 0 radical (unpaired) electrons. The smallest absolute Gasteiger partial charge is 0.152 e. The Kier molecular flexibility index (Phi) is 4.40. The van der Waals surface area contributed by atoms with Crippen molar-refractivity contribution >= 4 is 9.84 Å². The number of nitrogens with one attached hydrogen (secondary N) is 1. The molecule has 2 rings (SSSR count). The summed E-state index contributed by atoms with van der Waals surface area (Å²) >= 11 is 0. The standard InChI is InChI=1S/C14H21NO2S/c1-12-4-2-5-13(10-12)7-9-18(16,17)11-14-6-3-8-15-14/h2,4-5,10,14-15H,3,6-9,11H2,1H3. The van der Waals surface area contributed by atoms with E-state index in [1.165, 1.54) is 5.56 Å². The number of sulfone groups is 1. The van der Waals surface area contributed by atoms with Gasteiger partial charge >= 0.3 is 0 Å². The van der Waals surface area contributed by atoms with Crippen LogP contribution in [0.25, 0.3) is 0 Å². The highest BCUT2D eigenvalue weighted by atomic mass is 32.2. The zero-order chi connectivity index (χ0) is 13.0. The van der Waals surface area contributed by atoms with Crippen LogP contribution in [0.3, 0.4) is 0 Å². The molecule has 0 spiro atoms. The fourth-order valence-corrected chi connectivity index (χ4v) is 4.04. The Morgan fingerprint density at radius 2 is 2.22 bits per heavy atom. The number of rotatable bonds is 5. The Morgan fingerprint density at radius 3 is 2.89 bits per heavy atom. The first-order chi connectivity index (χ1) is 8.55. The SMILES string of the molecule is Cc1cccc(CCS(=O)(=O)CC2CCCN2)c1. The van der Waals surface area contributed by atoms with Gasteiger partial charge in [0.25, 0.3) is 0 Å². The number of hydrogen-bond donors (Lipinski definition) is 1. The molecule has 1 atom stereocenters. The number of aryl methyl sites for hydroxylation is 2. The molecule has 1 N–H and O–H groups in total. The molecule has 0 saturated carbocycles. The van der Waals surface area contributed by atoms with Crippen LogP contribution in [0.4, 0.5) is 0 Å². The van der Waals surface area contributed by atoms with Gasteiger partial charge in [-0.05, 0) is 38.3 Å². The maximum absolute atomic E-state index is 12.0. The second-order valence-electron chi connectivity index (χ2n) is 5.15. The van der Waals surface area contributed by atoms with Crippen LogP contribution in [0.1, 0.15) is 24.0 Å². The summed E-state index contributed by atoms with van der Waals surface area (Å²) in [7, 11) is -2.94. The van der Waals surface area contributed by atoms with Crippen molar-refractivity contribution in [2.24, 2.45) is 0 Å². The third-order valence-electron chi connectivity index (χ3n) is 3.40. The Balaban J connectivity index is 1.88. The van der Waals surface area contributed by atoms with Gasteiger partial charge in [-0.15, -0.1) is 0 Å². The Bertz CT molecular complexity index is 490. The van der Waals surface area contributed by atoms with Crippen molar-refractivity contribution in [3.8, 4) is 0 Å². The summed E-state index contributed by atoms with van der Waals surface area (Å²) in [6.07, 6.45) is 2.71. The minimum Gasteiger partial charge on any atom is -0.313 e. The maximum atomic E-state index is 12.0. The van der Waals surface area contributed by atoms with Crippen molar-refractivity contribution in [3.63, 3.8) is 0 Å². The molecule has 1 aromatic carbocycles. The predicted octanol–water partition coefficient (Wildman–Crippen LogP) is 1.70. The van der Waals surface area contributed by atoms with Crippen molar-refractivity contribution in [1.82, 2.24) is 5.32 Å². The van der Waals surface area contributed by atoms with Crippen molar-refractivity contribution in [2.45, 2.75) is 32.2 Å². The molecule has 1 aliphatic rings. The molecule has 1 heterocycles. The summed E-state index contributed by atoms with van der Waals surface area (Å²) in [4.78, 5) is 0. The van der Waals surface area contributed by atoms with Gasteiger partial charge in [0.2, 0.25) is 0 Å². The van der Waals surface area contributed by atoms with Crippen LogP contribution in [-0.4, -0.2) is 32.5 Å². The van der Waals surface area contributed by atoms with Gasteiger partial charge in [0.05, 0.1) is 11.5 Å². The maximum Gasteiger partial charge on any atom is 0.152 e. The van der Waals surface area contributed by atoms with Crippen LogP contribution in [0.2, 0.25) is 0 Å². The van der Waals surface area contributed by atoms with E-state index in [4.69, 9.17) is 0 Å². The van der Waals surface area contributed by atoms with Crippen LogP contribution < -0.4 is 5.32 Å². The quantitative estimate of drug-likeness (QED) is 0.883. The van der Waals surface area contributed by atoms with E-state index in [1.54, 1.807) is 0 Å². The van der Waals surface area contributed by atoms with Crippen molar-refractivity contribution in [3.05, 3.63) is 35.4 Å². The van der Waals surface area contributed by atoms with Crippen LogP contribution in [0.15, 0.2) is 24.3 Å². The van der Waals surface area contributed by atoms with Gasteiger partial charge in [0.1, 0.15) is 0 Å². The highest BCUT2D eigenvalue weighted by Gasteiger charge is 2.21. The molecule has 100 valence electrons. The first-order valence-corrected chi connectivity index (χ1v) is 8.37. The monoisotopic (exact) mass is 267 g/mol. The van der Waals surface area contributed by atoms with Gasteiger partial charge in [-0.3, -0.25) is 0 Å². The van der Waals surface area contributed by atoms with E-state index < -0.39 is 9.84 Å². The summed E-state index contributed by atoms with van der Waals surface area (Å²) in [5.41, 5.74) is 2.29. The Morgan fingerprint density at radius 1 is 1.39 bits per heavy atom. The van der Waals surface area contributed by atoms with Gasteiger partial charge in [-0.2, -0.15) is 0 Å². The number of benzene rings is 1. The summed E-state index contributed by atoms with van der Waals surface area (Å²) < 4.78 is 24.0. The molecule has 0 amide bonds. The zero-order valence-corrected chi connectivity index (χ0v) is 11.7. The largest absolute Gasteiger partial charge is 0.313 e. The average molecular weight is 267 g/mol. The fraction of sp³-hybridized carbons (Fsp3) is 0.571. The lowest BCUT2D eigenvalue weighted by Crippen LogP contribution is -2.31. The summed E-state index contributed by atoms with van der Waals surface area (Å²) in [5, 5.41) is 3.24. The molecule has 0 bridgehead atoms. The number of hydrogen-bond acceptors (Lipinski definition) is 3. The predicted molar refractivity (Wildman–Crippen MR) is 74.6 cm³/mol. The van der Waals surface area contributed by atoms with E-state index in [9.17, 15) is 8.42 Å². The highest BCUT2D eigenvalue weighted by Crippen LogP contribution is 2.10. The van der Waals surface area contributed by atoms with Gasteiger partial charge in [-0.25, -0.2) is 8.42 Å². The molecule has 0 aromatic heterocycles. The van der Waals surface area contributed by atoms with E-state index in [0.29, 0.717) is 12.2 Å². The fourth-order valence-electron chi connectivity index (χ4n) is 2.43. The first-order valence-electron chi connectivity index (χ1n) is 6.54. The van der Waals surface area contributed by atoms with Gasteiger partial charge < -0.3 is 5.32 Å². The van der Waals surface area contributed by atoms with Crippen molar-refractivity contribution < 1.29 is 8.42 Å². The minimum absolute atomic E-state index is 0.174. The minimum atomic E-state index is -2.94. The second-order valence-corrected chi connectivity index (χ2v) is 7.38. The van der Waals surface area contributed by atoms with E-state index in [2.05, 4.69) is 11.4 Å². The molecule has 1 fully saturated rings. The lowest BCUT2D eigenvalue weighted by Gasteiger charge is -2.11. The van der Waals surface area contributed by atoms with Gasteiger partial charge in [0, 0.05) is 6.04 Å². The average Bonchev–Trinajstić information content (AvgIpc) is 2.79. The highest BCUT2D eigenvalue weighted by molar-refractivity contribution is 7.91. The molecule has 4 heteroatoms. The third kappa shape index (κ3) is 4.10. The lowest BCUT2D eigenvalue weighted by molar-refractivity contribution is 0.576. The molecule has 3 nitrogen and oxygen atoms in total. The topological polar surface area (TPSA) is 46.2 Å². The van der Waals surface area contributed by atoms with E-state index in [0.717, 1.165) is 24.9 Å². The van der Waals surface area contributed by atoms with E-state index in [-0.39, 0.29) is 11.8 Å². The van der Waals surface area contributed by atoms with E-state index in [1.807, 2.05) is 25.1 Å². The van der Waals surface area contributed by atoms with Crippen LogP contribution in [0, 0.1) is 6.92 Å². The molecular formula is C14H21NO2S. The van der Waals surface area contributed by atoms with Crippen molar-refractivity contribution in [2.75, 3.05) is 18.1 Å².